The predicted octanol–water partition coefficient (Wildman–Crippen LogP) is 4.30. The molecular weight excluding hydrogens is 406 g/mol. The van der Waals surface area contributed by atoms with Gasteiger partial charge >= 0.3 is 5.63 Å². The summed E-state index contributed by atoms with van der Waals surface area (Å²) in [6.45, 7) is 0. The number of carbonyl (C=O) groups excluding carboxylic acids is 1. The standard InChI is InChI=1S/C26H23NO5/c1-31-19-12-18-13-23(32-26(30)24(18)22(28)14-19)21(25(27)29)15-20(16-8-4-2-5-9-16)17-10-6-3-7-11-17/h2-14,20-21,28H,15H2,1H3,(H2,27,29). The summed E-state index contributed by atoms with van der Waals surface area (Å²) in [5.74, 6) is -1.31. The molecule has 4 rings (SSSR count). The molecule has 1 aromatic heterocycles. The van der Waals surface area contributed by atoms with Gasteiger partial charge in [0.05, 0.1) is 13.0 Å². The Morgan fingerprint density at radius 3 is 2.12 bits per heavy atom. The Morgan fingerprint density at radius 1 is 1.00 bits per heavy atom. The average Bonchev–Trinajstić information content (AvgIpc) is 2.80. The van der Waals surface area contributed by atoms with Crippen LogP contribution in [0.3, 0.4) is 0 Å². The highest BCUT2D eigenvalue weighted by atomic mass is 16.5. The summed E-state index contributed by atoms with van der Waals surface area (Å²) in [7, 11) is 1.46. The minimum absolute atomic E-state index is 0.0282. The third-order valence-corrected chi connectivity index (χ3v) is 5.63. The SMILES string of the molecule is COc1cc(O)c2c(=O)oc(C(CC(c3ccccc3)c3ccccc3)C(N)=O)cc2c1. The first-order chi connectivity index (χ1) is 15.5. The van der Waals surface area contributed by atoms with Crippen molar-refractivity contribution in [1.82, 2.24) is 0 Å². The fourth-order valence-corrected chi connectivity index (χ4v) is 4.03. The monoisotopic (exact) mass is 429 g/mol. The van der Waals surface area contributed by atoms with E-state index in [0.717, 1.165) is 11.1 Å². The Hall–Kier alpha value is -4.06. The number of nitrogens with two attached hydrogens (primary N) is 1. The smallest absolute Gasteiger partial charge is 0.347 e. The largest absolute Gasteiger partial charge is 0.507 e. The number of fused-ring (bicyclic) bond motifs is 1. The van der Waals surface area contributed by atoms with Crippen molar-refractivity contribution in [3.8, 4) is 11.5 Å². The van der Waals surface area contributed by atoms with E-state index in [1.807, 2.05) is 60.7 Å². The lowest BCUT2D eigenvalue weighted by molar-refractivity contribution is -0.120. The summed E-state index contributed by atoms with van der Waals surface area (Å²) in [6.07, 6.45) is 0.313. The van der Waals surface area contributed by atoms with Gasteiger partial charge in [-0.2, -0.15) is 0 Å². The van der Waals surface area contributed by atoms with E-state index in [9.17, 15) is 14.7 Å². The molecule has 0 saturated heterocycles. The minimum Gasteiger partial charge on any atom is -0.507 e. The summed E-state index contributed by atoms with van der Waals surface area (Å²) in [5, 5.41) is 10.7. The van der Waals surface area contributed by atoms with Crippen LogP contribution in [0.4, 0.5) is 0 Å². The van der Waals surface area contributed by atoms with E-state index in [-0.39, 0.29) is 22.8 Å². The lowest BCUT2D eigenvalue weighted by Crippen LogP contribution is -2.24. The van der Waals surface area contributed by atoms with E-state index in [1.165, 1.54) is 13.2 Å². The lowest BCUT2D eigenvalue weighted by Gasteiger charge is -2.22. The van der Waals surface area contributed by atoms with Gasteiger partial charge in [0, 0.05) is 12.0 Å². The number of ether oxygens (including phenoxy) is 1. The van der Waals surface area contributed by atoms with E-state index in [1.54, 1.807) is 12.1 Å². The number of hydrogen-bond acceptors (Lipinski definition) is 5. The van der Waals surface area contributed by atoms with Gasteiger partial charge in [0.25, 0.3) is 0 Å². The Kier molecular flexibility index (Phi) is 5.94. The second-order valence-corrected chi connectivity index (χ2v) is 7.61. The molecule has 0 spiro atoms. The van der Waals surface area contributed by atoms with E-state index < -0.39 is 17.5 Å². The van der Waals surface area contributed by atoms with Crippen LogP contribution in [0.25, 0.3) is 10.8 Å². The van der Waals surface area contributed by atoms with Gasteiger partial charge in [0.1, 0.15) is 22.6 Å². The number of aromatic hydroxyl groups is 1. The maximum absolute atomic E-state index is 12.7. The van der Waals surface area contributed by atoms with Gasteiger partial charge in [-0.15, -0.1) is 0 Å². The summed E-state index contributed by atoms with van der Waals surface area (Å²) in [6, 6.07) is 24.1. The Morgan fingerprint density at radius 2 is 1.59 bits per heavy atom. The van der Waals surface area contributed by atoms with Crippen molar-refractivity contribution in [2.45, 2.75) is 18.3 Å². The molecule has 0 radical (unpaired) electrons. The number of hydrogen-bond donors (Lipinski definition) is 2. The van der Waals surface area contributed by atoms with Crippen LogP contribution in [0.1, 0.15) is 35.1 Å². The average molecular weight is 429 g/mol. The maximum Gasteiger partial charge on any atom is 0.347 e. The first-order valence-corrected chi connectivity index (χ1v) is 10.2. The Balaban J connectivity index is 1.82. The molecule has 0 fully saturated rings. The highest BCUT2D eigenvalue weighted by Crippen LogP contribution is 2.36. The third kappa shape index (κ3) is 4.21. The number of amides is 1. The molecule has 1 unspecified atom stereocenters. The van der Waals surface area contributed by atoms with Gasteiger partial charge in [-0.3, -0.25) is 4.79 Å². The Bertz CT molecular complexity index is 1260. The molecule has 1 atom stereocenters. The van der Waals surface area contributed by atoms with Crippen molar-refractivity contribution in [2.24, 2.45) is 5.73 Å². The van der Waals surface area contributed by atoms with Gasteiger partial charge in [-0.1, -0.05) is 60.7 Å². The molecule has 0 aliphatic carbocycles. The van der Waals surface area contributed by atoms with Crippen molar-refractivity contribution < 1.29 is 19.1 Å². The quantitative estimate of drug-likeness (QED) is 0.456. The molecule has 0 aliphatic rings. The van der Waals surface area contributed by atoms with Crippen LogP contribution in [-0.2, 0) is 4.79 Å². The summed E-state index contributed by atoms with van der Waals surface area (Å²) < 4.78 is 10.7. The predicted molar refractivity (Wildman–Crippen MR) is 122 cm³/mol. The molecule has 0 saturated carbocycles. The first-order valence-electron chi connectivity index (χ1n) is 10.2. The number of carbonyl (C=O) groups is 1. The van der Waals surface area contributed by atoms with Crippen LogP contribution in [0, 0.1) is 0 Å². The first kappa shape index (κ1) is 21.2. The van der Waals surface area contributed by atoms with E-state index in [0.29, 0.717) is 17.6 Å². The third-order valence-electron chi connectivity index (χ3n) is 5.63. The highest BCUT2D eigenvalue weighted by Gasteiger charge is 2.28. The van der Waals surface area contributed by atoms with Crippen molar-refractivity contribution in [3.63, 3.8) is 0 Å². The number of phenols is 1. The van der Waals surface area contributed by atoms with Crippen LogP contribution in [0.15, 0.2) is 88.1 Å². The molecule has 162 valence electrons. The van der Waals surface area contributed by atoms with Crippen LogP contribution in [0.5, 0.6) is 11.5 Å². The van der Waals surface area contributed by atoms with Crippen molar-refractivity contribution in [3.05, 3.63) is 106 Å². The number of rotatable bonds is 7. The zero-order valence-electron chi connectivity index (χ0n) is 17.5. The molecule has 6 nitrogen and oxygen atoms in total. The van der Waals surface area contributed by atoms with E-state index >= 15 is 0 Å². The molecule has 0 bridgehead atoms. The molecule has 3 aromatic carbocycles. The molecule has 1 amide bonds. The summed E-state index contributed by atoms with van der Waals surface area (Å²) in [4.78, 5) is 25.2. The molecule has 1 heterocycles. The van der Waals surface area contributed by atoms with Crippen LogP contribution in [0.2, 0.25) is 0 Å². The van der Waals surface area contributed by atoms with Crippen LogP contribution >= 0.6 is 0 Å². The van der Waals surface area contributed by atoms with Gasteiger partial charge in [-0.05, 0) is 35.1 Å². The fraction of sp³-hybridized carbons (Fsp3) is 0.154. The number of phenolic OH excluding ortho intramolecular Hbond substituents is 1. The topological polar surface area (TPSA) is 103 Å². The zero-order chi connectivity index (χ0) is 22.7. The van der Waals surface area contributed by atoms with Gasteiger partial charge in [-0.25, -0.2) is 4.79 Å². The molecule has 3 N–H and O–H groups in total. The second kappa shape index (κ2) is 8.98. The second-order valence-electron chi connectivity index (χ2n) is 7.61. The van der Waals surface area contributed by atoms with E-state index in [4.69, 9.17) is 14.9 Å². The number of benzene rings is 3. The summed E-state index contributed by atoms with van der Waals surface area (Å²) >= 11 is 0. The van der Waals surface area contributed by atoms with Crippen molar-refractivity contribution in [1.29, 1.82) is 0 Å². The maximum atomic E-state index is 12.7. The fourth-order valence-electron chi connectivity index (χ4n) is 4.03. The van der Waals surface area contributed by atoms with Crippen LogP contribution in [-0.4, -0.2) is 18.1 Å². The van der Waals surface area contributed by atoms with Crippen molar-refractivity contribution >= 4 is 16.7 Å². The van der Waals surface area contributed by atoms with Gasteiger partial charge in [0.2, 0.25) is 5.91 Å². The molecule has 6 heteroatoms. The molecule has 32 heavy (non-hydrogen) atoms. The van der Waals surface area contributed by atoms with Gasteiger partial charge < -0.3 is 20.0 Å². The number of methoxy groups -OCH3 is 1. The number of primary amides is 1. The molecule has 0 aliphatic heterocycles. The lowest BCUT2D eigenvalue weighted by atomic mass is 9.82. The minimum atomic E-state index is -0.856. The Labute approximate surface area is 184 Å². The highest BCUT2D eigenvalue weighted by molar-refractivity contribution is 5.90. The van der Waals surface area contributed by atoms with Gasteiger partial charge in [0.15, 0.2) is 0 Å². The molecular formula is C26H23NO5. The normalized spacial score (nSPS) is 12.1. The molecule has 4 aromatic rings. The van der Waals surface area contributed by atoms with Crippen molar-refractivity contribution in [2.75, 3.05) is 7.11 Å². The van der Waals surface area contributed by atoms with E-state index in [2.05, 4.69) is 0 Å². The summed E-state index contributed by atoms with van der Waals surface area (Å²) in [5.41, 5.74) is 7.08. The zero-order valence-corrected chi connectivity index (χ0v) is 17.5. The van der Waals surface area contributed by atoms with Crippen LogP contribution < -0.4 is 16.1 Å².